The van der Waals surface area contributed by atoms with Gasteiger partial charge in [-0.25, -0.2) is 0 Å². The van der Waals surface area contributed by atoms with Gasteiger partial charge in [0.2, 0.25) is 0 Å². The van der Waals surface area contributed by atoms with Crippen molar-refractivity contribution in [3.8, 4) is 0 Å². The van der Waals surface area contributed by atoms with Crippen LogP contribution in [0.2, 0.25) is 0 Å². The first-order chi connectivity index (χ1) is 7.24. The van der Waals surface area contributed by atoms with Gasteiger partial charge in [0, 0.05) is 17.9 Å². The topological polar surface area (TPSA) is 9.23 Å². The number of halogens is 2. The summed E-state index contributed by atoms with van der Waals surface area (Å²) in [6.45, 7) is 0.860. The third kappa shape index (κ3) is 2.96. The van der Waals surface area contributed by atoms with E-state index in [9.17, 15) is 0 Å². The first kappa shape index (κ1) is 11.9. The molecule has 0 amide bonds. The number of hydrogen-bond acceptors (Lipinski definition) is 2. The van der Waals surface area contributed by atoms with Crippen LogP contribution in [-0.4, -0.2) is 18.1 Å². The minimum Gasteiger partial charge on any atom is -0.373 e. The van der Waals surface area contributed by atoms with Crippen LogP contribution in [0.3, 0.4) is 0 Å². The molecule has 1 unspecified atom stereocenters. The molecule has 1 aromatic rings. The molecule has 1 aliphatic heterocycles. The van der Waals surface area contributed by atoms with Crippen molar-refractivity contribution in [2.75, 3.05) is 12.5 Å². The average molecular weight is 310 g/mol. The molecule has 1 nitrogen and oxygen atoms in total. The summed E-state index contributed by atoms with van der Waals surface area (Å²) in [7, 11) is 0. The lowest BCUT2D eigenvalue weighted by molar-refractivity contribution is -0.0611. The lowest BCUT2D eigenvalue weighted by Crippen LogP contribution is -2.40. The quantitative estimate of drug-likeness (QED) is 0.759. The van der Waals surface area contributed by atoms with E-state index < -0.39 is 0 Å². The van der Waals surface area contributed by atoms with E-state index in [1.54, 1.807) is 11.3 Å². The van der Waals surface area contributed by atoms with Gasteiger partial charge in [0.1, 0.15) is 0 Å². The van der Waals surface area contributed by atoms with Crippen LogP contribution in [0.15, 0.2) is 15.9 Å². The Kier molecular flexibility index (Phi) is 4.10. The van der Waals surface area contributed by atoms with Gasteiger partial charge in [0.15, 0.2) is 0 Å². The molecule has 1 aromatic heterocycles. The molecule has 0 spiro atoms. The minimum atomic E-state index is -0.107. The molecular weight excluding hydrogens is 296 g/mol. The predicted molar refractivity (Wildman–Crippen MR) is 69.0 cm³/mol. The molecule has 84 valence electrons. The maximum Gasteiger partial charge on any atom is 0.0865 e. The molecular formula is C11H14BrClOS. The third-order valence-electron chi connectivity index (χ3n) is 2.80. The summed E-state index contributed by atoms with van der Waals surface area (Å²) in [4.78, 5) is 1.35. The molecule has 1 aliphatic rings. The Balaban J connectivity index is 2.06. The van der Waals surface area contributed by atoms with Crippen LogP contribution < -0.4 is 0 Å². The summed E-state index contributed by atoms with van der Waals surface area (Å²) in [5.74, 6) is 0.600. The molecule has 1 saturated heterocycles. The maximum atomic E-state index is 6.06. The first-order valence-corrected chi connectivity index (χ1v) is 7.33. The van der Waals surface area contributed by atoms with Gasteiger partial charge in [-0.3, -0.25) is 0 Å². The summed E-state index contributed by atoms with van der Waals surface area (Å²) in [5.41, 5.74) is -0.107. The molecule has 0 saturated carbocycles. The fourth-order valence-electron chi connectivity index (χ4n) is 1.97. The van der Waals surface area contributed by atoms with Gasteiger partial charge in [-0.05, 0) is 47.3 Å². The van der Waals surface area contributed by atoms with Crippen LogP contribution in [0.1, 0.15) is 24.1 Å². The molecule has 1 atom stereocenters. The van der Waals surface area contributed by atoms with E-state index in [1.165, 1.54) is 21.5 Å². The van der Waals surface area contributed by atoms with E-state index in [1.807, 2.05) is 0 Å². The maximum absolute atomic E-state index is 6.06. The van der Waals surface area contributed by atoms with E-state index in [-0.39, 0.29) is 5.60 Å². The summed E-state index contributed by atoms with van der Waals surface area (Å²) < 4.78 is 7.07. The van der Waals surface area contributed by atoms with Crippen molar-refractivity contribution in [3.05, 3.63) is 20.8 Å². The van der Waals surface area contributed by atoms with Crippen LogP contribution in [0.4, 0.5) is 0 Å². The molecule has 4 heteroatoms. The molecule has 15 heavy (non-hydrogen) atoms. The van der Waals surface area contributed by atoms with Crippen molar-refractivity contribution in [3.63, 3.8) is 0 Å². The number of rotatable bonds is 3. The molecule has 0 aliphatic carbocycles. The molecule has 2 rings (SSSR count). The Morgan fingerprint density at radius 2 is 2.33 bits per heavy atom. The summed E-state index contributed by atoms with van der Waals surface area (Å²) >= 11 is 11.3. The molecule has 2 heterocycles. The van der Waals surface area contributed by atoms with E-state index in [2.05, 4.69) is 28.1 Å². The second-order valence-electron chi connectivity index (χ2n) is 4.00. The van der Waals surface area contributed by atoms with Crippen molar-refractivity contribution in [1.82, 2.24) is 0 Å². The molecule has 0 bridgehead atoms. The Morgan fingerprint density at radius 3 is 2.87 bits per heavy atom. The summed E-state index contributed by atoms with van der Waals surface area (Å²) in [6, 6.07) is 4.24. The lowest BCUT2D eigenvalue weighted by atomic mass is 9.92. The van der Waals surface area contributed by atoms with Gasteiger partial charge in [-0.15, -0.1) is 22.9 Å². The monoisotopic (exact) mass is 308 g/mol. The Hall–Kier alpha value is 0.430. The molecule has 1 fully saturated rings. The summed E-state index contributed by atoms with van der Waals surface area (Å²) in [5, 5.41) is 0. The van der Waals surface area contributed by atoms with Gasteiger partial charge >= 0.3 is 0 Å². The Morgan fingerprint density at radius 1 is 1.47 bits per heavy atom. The lowest BCUT2D eigenvalue weighted by Gasteiger charge is -2.35. The number of hydrogen-bond donors (Lipinski definition) is 0. The second-order valence-corrected chi connectivity index (χ2v) is 6.82. The third-order valence-corrected chi connectivity index (χ3v) is 4.91. The van der Waals surface area contributed by atoms with Gasteiger partial charge in [0.25, 0.3) is 0 Å². The first-order valence-electron chi connectivity index (χ1n) is 5.18. The zero-order chi connectivity index (χ0) is 10.7. The van der Waals surface area contributed by atoms with Crippen molar-refractivity contribution in [1.29, 1.82) is 0 Å². The standard InChI is InChI=1S/C11H14BrClOS/c12-10-4-3-9(15-10)7-11(8-13)5-1-2-6-14-11/h3-4H,1-2,5-8H2. The van der Waals surface area contributed by atoms with Crippen LogP contribution in [0.25, 0.3) is 0 Å². The van der Waals surface area contributed by atoms with Crippen LogP contribution in [-0.2, 0) is 11.2 Å². The van der Waals surface area contributed by atoms with Crippen molar-refractivity contribution in [2.45, 2.75) is 31.3 Å². The predicted octanol–water partition coefficient (Wildman–Crippen LogP) is 4.23. The fourth-order valence-corrected chi connectivity index (χ4v) is 3.89. The Bertz CT molecular complexity index is 320. The Labute approximate surface area is 108 Å². The van der Waals surface area contributed by atoms with Gasteiger partial charge in [-0.1, -0.05) is 0 Å². The molecule has 0 radical (unpaired) electrons. The fraction of sp³-hybridized carbons (Fsp3) is 0.636. The molecule has 0 N–H and O–H groups in total. The summed E-state index contributed by atoms with van der Waals surface area (Å²) in [6.07, 6.45) is 4.45. The van der Waals surface area contributed by atoms with E-state index in [4.69, 9.17) is 16.3 Å². The highest BCUT2D eigenvalue weighted by atomic mass is 79.9. The molecule has 0 aromatic carbocycles. The van der Waals surface area contributed by atoms with Crippen molar-refractivity contribution >= 4 is 38.9 Å². The second kappa shape index (κ2) is 5.17. The van der Waals surface area contributed by atoms with Crippen molar-refractivity contribution in [2.24, 2.45) is 0 Å². The zero-order valence-electron chi connectivity index (χ0n) is 8.47. The minimum absolute atomic E-state index is 0.107. The van der Waals surface area contributed by atoms with E-state index >= 15 is 0 Å². The number of thiophene rings is 1. The highest BCUT2D eigenvalue weighted by Gasteiger charge is 2.33. The van der Waals surface area contributed by atoms with Gasteiger partial charge in [-0.2, -0.15) is 0 Å². The highest BCUT2D eigenvalue weighted by Crippen LogP contribution is 2.33. The highest BCUT2D eigenvalue weighted by molar-refractivity contribution is 9.11. The SMILES string of the molecule is ClCC1(Cc2ccc(Br)s2)CCCCO1. The van der Waals surface area contributed by atoms with Crippen LogP contribution in [0.5, 0.6) is 0 Å². The van der Waals surface area contributed by atoms with E-state index in [0.717, 1.165) is 19.4 Å². The van der Waals surface area contributed by atoms with E-state index in [0.29, 0.717) is 5.88 Å². The van der Waals surface area contributed by atoms with Crippen molar-refractivity contribution < 1.29 is 4.74 Å². The van der Waals surface area contributed by atoms with Crippen LogP contribution in [0, 0.1) is 0 Å². The smallest absolute Gasteiger partial charge is 0.0865 e. The van der Waals surface area contributed by atoms with Crippen LogP contribution >= 0.6 is 38.9 Å². The normalized spacial score (nSPS) is 26.8. The number of alkyl halides is 1. The average Bonchev–Trinajstić information content (AvgIpc) is 2.65. The zero-order valence-corrected chi connectivity index (χ0v) is 11.6. The van der Waals surface area contributed by atoms with Gasteiger partial charge < -0.3 is 4.74 Å². The van der Waals surface area contributed by atoms with Gasteiger partial charge in [0.05, 0.1) is 15.3 Å². The largest absolute Gasteiger partial charge is 0.373 e. The number of ether oxygens (including phenoxy) is 1.